The third-order valence-electron chi connectivity index (χ3n) is 4.11. The van der Waals surface area contributed by atoms with Crippen molar-refractivity contribution in [2.24, 2.45) is 0 Å². The van der Waals surface area contributed by atoms with Crippen LogP contribution in [-0.2, 0) is 6.42 Å². The number of aliphatic hydroxyl groups is 1. The van der Waals surface area contributed by atoms with E-state index in [0.717, 1.165) is 16.6 Å². The second-order valence-electron chi connectivity index (χ2n) is 6.34. The number of aliphatic hydroxyl groups excluding tert-OH is 1. The van der Waals surface area contributed by atoms with E-state index in [1.54, 1.807) is 6.20 Å². The van der Waals surface area contributed by atoms with E-state index in [1.165, 1.54) is 0 Å². The summed E-state index contributed by atoms with van der Waals surface area (Å²) in [6.07, 6.45) is 2.34. The molecule has 1 aromatic carbocycles. The van der Waals surface area contributed by atoms with E-state index in [-0.39, 0.29) is 18.6 Å². The maximum Gasteiger partial charge on any atom is 0.257 e. The number of amides is 1. The summed E-state index contributed by atoms with van der Waals surface area (Å²) in [5.74, 6) is -0.195. The van der Waals surface area contributed by atoms with Gasteiger partial charge in [0.15, 0.2) is 5.65 Å². The molecule has 0 aliphatic carbocycles. The maximum atomic E-state index is 12.6. The highest BCUT2D eigenvalue weighted by Gasteiger charge is 2.15. The fourth-order valence-electron chi connectivity index (χ4n) is 2.76. The van der Waals surface area contributed by atoms with Gasteiger partial charge in [0.25, 0.3) is 5.91 Å². The van der Waals surface area contributed by atoms with E-state index in [4.69, 9.17) is 5.11 Å². The van der Waals surface area contributed by atoms with E-state index >= 15 is 0 Å². The number of hydrogen-bond donors (Lipinski definition) is 2. The minimum atomic E-state index is -0.195. The van der Waals surface area contributed by atoms with Crippen LogP contribution in [0.3, 0.4) is 0 Å². The summed E-state index contributed by atoms with van der Waals surface area (Å²) in [7, 11) is 0. The van der Waals surface area contributed by atoms with Crippen molar-refractivity contribution in [2.45, 2.75) is 33.2 Å². The summed E-state index contributed by atoms with van der Waals surface area (Å²) >= 11 is 0. The van der Waals surface area contributed by atoms with Crippen molar-refractivity contribution in [3.8, 4) is 0 Å². The SMILES string of the molecule is Cc1nc2c(cnn2C(C)C)cc1C(=O)Nc1ccc(CCO)cc1. The number of nitrogens with one attached hydrogen (secondary N) is 1. The van der Waals surface area contributed by atoms with Gasteiger partial charge < -0.3 is 10.4 Å². The number of benzene rings is 1. The summed E-state index contributed by atoms with van der Waals surface area (Å²) in [5.41, 5.74) is 3.74. The quantitative estimate of drug-likeness (QED) is 0.749. The van der Waals surface area contributed by atoms with Gasteiger partial charge in [0.2, 0.25) is 0 Å². The largest absolute Gasteiger partial charge is 0.396 e. The Morgan fingerprint density at radius 1 is 1.28 bits per heavy atom. The van der Waals surface area contributed by atoms with Crippen LogP contribution in [0.4, 0.5) is 5.69 Å². The number of rotatable bonds is 5. The Hall–Kier alpha value is -2.73. The molecule has 0 fully saturated rings. The smallest absolute Gasteiger partial charge is 0.257 e. The van der Waals surface area contributed by atoms with E-state index in [9.17, 15) is 4.79 Å². The molecule has 3 rings (SSSR count). The van der Waals surface area contributed by atoms with Crippen LogP contribution in [0.2, 0.25) is 0 Å². The zero-order chi connectivity index (χ0) is 18.0. The molecule has 25 heavy (non-hydrogen) atoms. The third-order valence-corrected chi connectivity index (χ3v) is 4.11. The van der Waals surface area contributed by atoms with Crippen LogP contribution in [0.15, 0.2) is 36.5 Å². The van der Waals surface area contributed by atoms with Crippen LogP contribution >= 0.6 is 0 Å². The molecule has 3 aromatic rings. The Kier molecular flexibility index (Phi) is 4.81. The van der Waals surface area contributed by atoms with Gasteiger partial charge in [-0.3, -0.25) is 4.79 Å². The third kappa shape index (κ3) is 3.53. The highest BCUT2D eigenvalue weighted by Crippen LogP contribution is 2.20. The highest BCUT2D eigenvalue weighted by atomic mass is 16.3. The van der Waals surface area contributed by atoms with Crippen LogP contribution in [0.5, 0.6) is 0 Å². The van der Waals surface area contributed by atoms with Gasteiger partial charge in [-0.15, -0.1) is 0 Å². The number of anilines is 1. The fraction of sp³-hybridized carbons (Fsp3) is 0.316. The molecule has 6 nitrogen and oxygen atoms in total. The van der Waals surface area contributed by atoms with Crippen LogP contribution in [0.1, 0.15) is 41.5 Å². The van der Waals surface area contributed by atoms with Gasteiger partial charge in [-0.25, -0.2) is 9.67 Å². The number of hydrogen-bond acceptors (Lipinski definition) is 4. The average molecular weight is 338 g/mol. The molecule has 0 saturated carbocycles. The minimum absolute atomic E-state index is 0.112. The van der Waals surface area contributed by atoms with Crippen LogP contribution < -0.4 is 5.32 Å². The van der Waals surface area contributed by atoms with Crippen molar-refractivity contribution in [1.29, 1.82) is 0 Å². The van der Waals surface area contributed by atoms with Crippen LogP contribution in [0, 0.1) is 6.92 Å². The first-order valence-electron chi connectivity index (χ1n) is 8.35. The van der Waals surface area contributed by atoms with Gasteiger partial charge in [-0.05, 0) is 51.0 Å². The molecule has 6 heteroatoms. The number of aryl methyl sites for hydroxylation is 1. The number of carbonyl (C=O) groups is 1. The Labute approximate surface area is 146 Å². The molecule has 0 spiro atoms. The van der Waals surface area contributed by atoms with Crippen molar-refractivity contribution < 1.29 is 9.90 Å². The van der Waals surface area contributed by atoms with Crippen LogP contribution in [0.25, 0.3) is 11.0 Å². The lowest BCUT2D eigenvalue weighted by atomic mass is 10.1. The van der Waals surface area contributed by atoms with Crippen molar-refractivity contribution in [3.05, 3.63) is 53.3 Å². The molecule has 130 valence electrons. The van der Waals surface area contributed by atoms with Gasteiger partial charge in [0.05, 0.1) is 17.5 Å². The monoisotopic (exact) mass is 338 g/mol. The number of carbonyl (C=O) groups excluding carboxylic acids is 1. The van der Waals surface area contributed by atoms with Gasteiger partial charge in [0.1, 0.15) is 0 Å². The molecule has 2 heterocycles. The highest BCUT2D eigenvalue weighted by molar-refractivity contribution is 6.06. The Bertz CT molecular complexity index is 898. The first-order chi connectivity index (χ1) is 12.0. The maximum absolute atomic E-state index is 12.6. The first-order valence-corrected chi connectivity index (χ1v) is 8.35. The summed E-state index contributed by atoms with van der Waals surface area (Å²) in [6, 6.07) is 9.50. The lowest BCUT2D eigenvalue weighted by Crippen LogP contribution is -2.14. The Morgan fingerprint density at radius 3 is 2.64 bits per heavy atom. The topological polar surface area (TPSA) is 80.0 Å². The lowest BCUT2D eigenvalue weighted by molar-refractivity contribution is 0.102. The van der Waals surface area contributed by atoms with E-state index in [2.05, 4.69) is 15.4 Å². The second-order valence-corrected chi connectivity index (χ2v) is 6.34. The Balaban J connectivity index is 1.85. The second kappa shape index (κ2) is 7.03. The molecular weight excluding hydrogens is 316 g/mol. The summed E-state index contributed by atoms with van der Waals surface area (Å²) in [5, 5.41) is 17.0. The minimum Gasteiger partial charge on any atom is -0.396 e. The van der Waals surface area contributed by atoms with E-state index in [1.807, 2.05) is 55.8 Å². The molecule has 0 bridgehead atoms. The summed E-state index contributed by atoms with van der Waals surface area (Å²) in [4.78, 5) is 17.2. The molecule has 0 saturated heterocycles. The zero-order valence-corrected chi connectivity index (χ0v) is 14.7. The molecule has 2 N–H and O–H groups in total. The number of fused-ring (bicyclic) bond motifs is 1. The molecular formula is C19H22N4O2. The van der Waals surface area contributed by atoms with E-state index in [0.29, 0.717) is 23.4 Å². The van der Waals surface area contributed by atoms with Gasteiger partial charge in [-0.2, -0.15) is 5.10 Å². The first kappa shape index (κ1) is 17.1. The average Bonchev–Trinajstić information content (AvgIpc) is 2.99. The fourth-order valence-corrected chi connectivity index (χ4v) is 2.76. The molecule has 2 aromatic heterocycles. The molecule has 0 radical (unpaired) electrons. The van der Waals surface area contributed by atoms with Crippen molar-refractivity contribution in [1.82, 2.24) is 14.8 Å². The lowest BCUT2D eigenvalue weighted by Gasteiger charge is -2.10. The van der Waals surface area contributed by atoms with Gasteiger partial charge in [0, 0.05) is 23.7 Å². The number of aromatic nitrogens is 3. The normalized spacial score (nSPS) is 11.2. The predicted octanol–water partition coefficient (Wildman–Crippen LogP) is 3.11. The summed E-state index contributed by atoms with van der Waals surface area (Å²) < 4.78 is 1.85. The zero-order valence-electron chi connectivity index (χ0n) is 14.7. The number of nitrogens with zero attached hydrogens (tertiary/aromatic N) is 3. The molecule has 1 amide bonds. The molecule has 0 aliphatic rings. The Morgan fingerprint density at radius 2 is 2.00 bits per heavy atom. The molecule has 0 unspecified atom stereocenters. The summed E-state index contributed by atoms with van der Waals surface area (Å²) in [6.45, 7) is 6.03. The predicted molar refractivity (Wildman–Crippen MR) is 97.8 cm³/mol. The number of pyridine rings is 1. The molecule has 0 aliphatic heterocycles. The van der Waals surface area contributed by atoms with Crippen molar-refractivity contribution in [3.63, 3.8) is 0 Å². The van der Waals surface area contributed by atoms with Crippen molar-refractivity contribution >= 4 is 22.6 Å². The van der Waals surface area contributed by atoms with Crippen molar-refractivity contribution in [2.75, 3.05) is 11.9 Å². The van der Waals surface area contributed by atoms with E-state index < -0.39 is 0 Å². The molecule has 0 atom stereocenters. The van der Waals surface area contributed by atoms with Gasteiger partial charge >= 0.3 is 0 Å². The standard InChI is InChI=1S/C19H22N4O2/c1-12(2)23-18-15(11-20-23)10-17(13(3)21-18)19(25)22-16-6-4-14(5-7-16)8-9-24/h4-7,10-12,24H,8-9H2,1-3H3,(H,22,25). The van der Waals surface area contributed by atoms with Gasteiger partial charge in [-0.1, -0.05) is 12.1 Å². The van der Waals surface area contributed by atoms with Crippen LogP contribution in [-0.4, -0.2) is 32.4 Å².